The van der Waals surface area contributed by atoms with Crippen molar-refractivity contribution < 1.29 is 49.6 Å². The van der Waals surface area contributed by atoms with E-state index in [1.165, 1.54) is 0 Å². The fourth-order valence-electron chi connectivity index (χ4n) is 4.18. The maximum Gasteiger partial charge on any atom is 0.187 e. The molecule has 0 aromatic heterocycles. The third kappa shape index (κ3) is 4.87. The number of aliphatic hydroxyl groups excluding tert-OH is 6. The second-order valence-electron chi connectivity index (χ2n) is 8.30. The summed E-state index contributed by atoms with van der Waals surface area (Å²) >= 11 is 0. The van der Waals surface area contributed by atoms with Gasteiger partial charge in [-0.25, -0.2) is 0 Å². The highest BCUT2D eigenvalue weighted by atomic mass is 16.7. The van der Waals surface area contributed by atoms with E-state index in [1.807, 2.05) is 0 Å². The van der Waals surface area contributed by atoms with E-state index in [4.69, 9.17) is 41.9 Å². The fourth-order valence-corrected chi connectivity index (χ4v) is 4.18. The molecule has 0 aromatic carbocycles. The van der Waals surface area contributed by atoms with Crippen LogP contribution in [-0.2, 0) is 18.9 Å². The number of rotatable bonds is 6. The Morgan fingerprint density at radius 3 is 1.90 bits per heavy atom. The maximum absolute atomic E-state index is 10.5. The molecule has 31 heavy (non-hydrogen) atoms. The minimum atomic E-state index is -1.45. The molecule has 1 aliphatic carbocycles. The number of hydrogen-bond acceptors (Lipinski definition) is 14. The average Bonchev–Trinajstić information content (AvgIpc) is 3.01. The highest BCUT2D eigenvalue weighted by Crippen LogP contribution is 2.31. The molecule has 0 bridgehead atoms. The molecule has 2 aliphatic heterocycles. The number of ether oxygens (including phenoxy) is 4. The standard InChI is InChI=1S/C17H34N4O10/c18-2-6-10(24)13(27)17(28-6)31-15-8(21)16(29-7(3-22)11(15)25)30-14-5(20)1-4(19)9(23)12(14)26/h4-17,22-27H,1-3,18-21H2/t4-,5?,6-,7?,8?,9?,10?,11-,12-,13+,14-,15-,16-,17+/m1/s1. The Bertz CT molecular complexity index is 593. The molecule has 1 saturated carbocycles. The summed E-state index contributed by atoms with van der Waals surface area (Å²) in [6.45, 7) is -0.699. The van der Waals surface area contributed by atoms with Gasteiger partial charge < -0.3 is 72.5 Å². The molecule has 3 fully saturated rings. The van der Waals surface area contributed by atoms with Crippen LogP contribution >= 0.6 is 0 Å². The quantitative estimate of drug-likeness (QED) is 0.179. The summed E-state index contributed by atoms with van der Waals surface area (Å²) in [4.78, 5) is 0. The van der Waals surface area contributed by atoms with E-state index in [1.54, 1.807) is 0 Å². The van der Waals surface area contributed by atoms with Crippen molar-refractivity contribution in [2.24, 2.45) is 22.9 Å². The highest BCUT2D eigenvalue weighted by Gasteiger charge is 2.52. The molecule has 14 N–H and O–H groups in total. The van der Waals surface area contributed by atoms with Crippen LogP contribution in [0.15, 0.2) is 0 Å². The first-order valence-corrected chi connectivity index (χ1v) is 10.2. The van der Waals surface area contributed by atoms with Gasteiger partial charge in [0.1, 0.15) is 48.8 Å². The molecule has 5 unspecified atom stereocenters. The summed E-state index contributed by atoms with van der Waals surface area (Å²) in [6.07, 6.45) is -13.8. The van der Waals surface area contributed by atoms with Crippen molar-refractivity contribution in [1.29, 1.82) is 0 Å². The second kappa shape index (κ2) is 10.1. The molecule has 3 rings (SSSR count). The first kappa shape index (κ1) is 25.1. The maximum atomic E-state index is 10.5. The Kier molecular flexibility index (Phi) is 8.21. The van der Waals surface area contributed by atoms with E-state index in [9.17, 15) is 30.6 Å². The van der Waals surface area contributed by atoms with Crippen molar-refractivity contribution in [1.82, 2.24) is 0 Å². The van der Waals surface area contributed by atoms with Gasteiger partial charge in [-0.15, -0.1) is 0 Å². The number of hydrogen-bond donors (Lipinski definition) is 10. The largest absolute Gasteiger partial charge is 0.394 e. The summed E-state index contributed by atoms with van der Waals surface area (Å²) in [6, 6.07) is -2.67. The van der Waals surface area contributed by atoms with E-state index in [0.717, 1.165) is 0 Å². The molecular weight excluding hydrogens is 420 g/mol. The molecule has 14 atom stereocenters. The Morgan fingerprint density at radius 1 is 0.710 bits per heavy atom. The van der Waals surface area contributed by atoms with Gasteiger partial charge in [-0.1, -0.05) is 0 Å². The summed E-state index contributed by atoms with van der Waals surface area (Å²) < 4.78 is 22.3. The van der Waals surface area contributed by atoms with Gasteiger partial charge in [-0.2, -0.15) is 0 Å². The van der Waals surface area contributed by atoms with Crippen LogP contribution in [0, 0.1) is 0 Å². The Balaban J connectivity index is 1.74. The van der Waals surface area contributed by atoms with Crippen molar-refractivity contribution >= 4 is 0 Å². The van der Waals surface area contributed by atoms with Crippen LogP contribution in [-0.4, -0.2) is 129 Å². The fraction of sp³-hybridized carbons (Fsp3) is 1.00. The van der Waals surface area contributed by atoms with Crippen LogP contribution in [0.2, 0.25) is 0 Å². The summed E-state index contributed by atoms with van der Waals surface area (Å²) in [5, 5.41) is 60.6. The molecule has 0 radical (unpaired) electrons. The lowest BCUT2D eigenvalue weighted by atomic mass is 9.84. The zero-order valence-corrected chi connectivity index (χ0v) is 16.8. The zero-order chi connectivity index (χ0) is 23.0. The van der Waals surface area contributed by atoms with Crippen LogP contribution in [0.25, 0.3) is 0 Å². The topological polar surface area (TPSA) is 262 Å². The van der Waals surface area contributed by atoms with Gasteiger partial charge >= 0.3 is 0 Å². The van der Waals surface area contributed by atoms with Gasteiger partial charge in [-0.3, -0.25) is 0 Å². The van der Waals surface area contributed by atoms with Gasteiger partial charge in [0.2, 0.25) is 0 Å². The molecule has 2 heterocycles. The lowest BCUT2D eigenvalue weighted by Gasteiger charge is -2.47. The molecule has 2 saturated heterocycles. The number of aliphatic hydroxyl groups is 6. The smallest absolute Gasteiger partial charge is 0.187 e. The Labute approximate surface area is 178 Å². The second-order valence-corrected chi connectivity index (χ2v) is 8.30. The first-order chi connectivity index (χ1) is 14.6. The van der Waals surface area contributed by atoms with E-state index in [-0.39, 0.29) is 13.0 Å². The minimum Gasteiger partial charge on any atom is -0.394 e. The van der Waals surface area contributed by atoms with Crippen molar-refractivity contribution in [2.75, 3.05) is 13.2 Å². The number of nitrogens with two attached hydrogens (primary N) is 4. The third-order valence-corrected chi connectivity index (χ3v) is 6.12. The predicted molar refractivity (Wildman–Crippen MR) is 102 cm³/mol. The summed E-state index contributed by atoms with van der Waals surface area (Å²) in [5.74, 6) is 0. The van der Waals surface area contributed by atoms with Gasteiger partial charge in [0, 0.05) is 18.6 Å². The molecule has 0 amide bonds. The lowest BCUT2D eigenvalue weighted by Crippen LogP contribution is -2.68. The van der Waals surface area contributed by atoms with Gasteiger partial charge in [0.15, 0.2) is 12.6 Å². The van der Waals surface area contributed by atoms with Crippen LogP contribution < -0.4 is 22.9 Å². The van der Waals surface area contributed by atoms with Gasteiger partial charge in [-0.05, 0) is 6.42 Å². The monoisotopic (exact) mass is 454 g/mol. The van der Waals surface area contributed by atoms with Crippen LogP contribution in [0.5, 0.6) is 0 Å². The van der Waals surface area contributed by atoms with E-state index in [0.29, 0.717) is 0 Å². The van der Waals surface area contributed by atoms with Crippen molar-refractivity contribution in [3.8, 4) is 0 Å². The predicted octanol–water partition coefficient (Wildman–Crippen LogP) is -6.65. The molecule has 0 aromatic rings. The van der Waals surface area contributed by atoms with Gasteiger partial charge in [0.25, 0.3) is 0 Å². The third-order valence-electron chi connectivity index (χ3n) is 6.12. The van der Waals surface area contributed by atoms with Crippen molar-refractivity contribution in [3.63, 3.8) is 0 Å². The molecule has 14 heteroatoms. The van der Waals surface area contributed by atoms with Crippen molar-refractivity contribution in [2.45, 2.75) is 92.1 Å². The average molecular weight is 454 g/mol. The molecular formula is C17H34N4O10. The molecule has 14 nitrogen and oxygen atoms in total. The van der Waals surface area contributed by atoms with E-state index >= 15 is 0 Å². The van der Waals surface area contributed by atoms with E-state index in [2.05, 4.69) is 0 Å². The molecule has 0 spiro atoms. The SMILES string of the molecule is NC[C@H]1O[C@@H](O[C@@H]2C(N)[C@@H](O[C@@H]3C(N)C[C@@H](N)C(O)[C@H]3O)OC(CO)[C@H]2O)[C@@H](O)C1O. The van der Waals surface area contributed by atoms with Gasteiger partial charge in [0.05, 0.1) is 18.8 Å². The molecule has 182 valence electrons. The Hall–Kier alpha value is -0.560. The summed E-state index contributed by atoms with van der Waals surface area (Å²) in [5.41, 5.74) is 23.4. The van der Waals surface area contributed by atoms with Crippen LogP contribution in [0.3, 0.4) is 0 Å². The first-order valence-electron chi connectivity index (χ1n) is 10.2. The van der Waals surface area contributed by atoms with Crippen LogP contribution in [0.4, 0.5) is 0 Å². The van der Waals surface area contributed by atoms with Crippen molar-refractivity contribution in [3.05, 3.63) is 0 Å². The summed E-state index contributed by atoms with van der Waals surface area (Å²) in [7, 11) is 0. The molecule has 3 aliphatic rings. The van der Waals surface area contributed by atoms with E-state index < -0.39 is 92.2 Å². The van der Waals surface area contributed by atoms with Crippen LogP contribution in [0.1, 0.15) is 6.42 Å². The minimum absolute atomic E-state index is 0.0760. The lowest BCUT2D eigenvalue weighted by molar-refractivity contribution is -0.317. The zero-order valence-electron chi connectivity index (χ0n) is 16.8. The normalized spacial score (nSPS) is 53.6. The Morgan fingerprint density at radius 2 is 1.32 bits per heavy atom. The highest BCUT2D eigenvalue weighted by molar-refractivity contribution is 5.00.